The van der Waals surface area contributed by atoms with Crippen LogP contribution in [-0.4, -0.2) is 25.0 Å². The van der Waals surface area contributed by atoms with Gasteiger partial charge in [0.1, 0.15) is 11.5 Å². The highest BCUT2D eigenvalue weighted by Gasteiger charge is 2.08. The zero-order valence-electron chi connectivity index (χ0n) is 13.5. The predicted molar refractivity (Wildman–Crippen MR) is 87.8 cm³/mol. The summed E-state index contributed by atoms with van der Waals surface area (Å²) in [5, 5.41) is 3.54. The number of hydrogen-bond acceptors (Lipinski definition) is 3. The summed E-state index contributed by atoms with van der Waals surface area (Å²) in [6, 6.07) is 6.55. The van der Waals surface area contributed by atoms with Gasteiger partial charge in [0.2, 0.25) is 0 Å². The Balaban J connectivity index is 1.62. The second kappa shape index (κ2) is 6.32. The van der Waals surface area contributed by atoms with Gasteiger partial charge in [-0.3, -0.25) is 0 Å². The minimum Gasteiger partial charge on any atom is -0.333 e. The molecule has 116 valence electrons. The van der Waals surface area contributed by atoms with Crippen molar-refractivity contribution < 1.29 is 0 Å². The third kappa shape index (κ3) is 3.04. The molecule has 0 aliphatic carbocycles. The van der Waals surface area contributed by atoms with Crippen molar-refractivity contribution in [2.45, 2.75) is 46.3 Å². The normalized spacial score (nSPS) is 12.9. The van der Waals surface area contributed by atoms with Gasteiger partial charge in [-0.1, -0.05) is 13.0 Å². The van der Waals surface area contributed by atoms with Gasteiger partial charge in [0, 0.05) is 49.8 Å². The number of aromatic nitrogens is 4. The van der Waals surface area contributed by atoms with Crippen LogP contribution in [0, 0.1) is 6.92 Å². The van der Waals surface area contributed by atoms with Crippen molar-refractivity contribution in [3.8, 4) is 0 Å². The van der Waals surface area contributed by atoms with Crippen molar-refractivity contribution in [2.24, 2.45) is 0 Å². The number of rotatable bonds is 6. The van der Waals surface area contributed by atoms with Crippen LogP contribution in [-0.2, 0) is 19.5 Å². The van der Waals surface area contributed by atoms with Gasteiger partial charge < -0.3 is 14.3 Å². The molecule has 3 aromatic heterocycles. The summed E-state index contributed by atoms with van der Waals surface area (Å²) in [7, 11) is 0. The van der Waals surface area contributed by atoms with E-state index in [2.05, 4.69) is 57.3 Å². The van der Waals surface area contributed by atoms with Crippen LogP contribution in [0.25, 0.3) is 5.65 Å². The molecular weight excluding hydrogens is 274 g/mol. The molecule has 0 saturated heterocycles. The summed E-state index contributed by atoms with van der Waals surface area (Å²) in [4.78, 5) is 9.02. The zero-order chi connectivity index (χ0) is 15.5. The molecular formula is C17H23N5. The standard InChI is InChI=1S/C17H23N5/c1-4-16-18-8-9-21(16)11-13(2)19-10-15-12-22-14(3)6-5-7-17(22)20-15/h5-9,12-13,19H,4,10-11H2,1-3H3. The van der Waals surface area contributed by atoms with E-state index < -0.39 is 0 Å². The predicted octanol–water partition coefficient (Wildman–Crippen LogP) is 2.58. The van der Waals surface area contributed by atoms with E-state index in [4.69, 9.17) is 0 Å². The average molecular weight is 297 g/mol. The van der Waals surface area contributed by atoms with Gasteiger partial charge in [0.25, 0.3) is 0 Å². The molecule has 0 bridgehead atoms. The number of fused-ring (bicyclic) bond motifs is 1. The molecule has 3 rings (SSSR count). The molecule has 0 saturated carbocycles. The van der Waals surface area contributed by atoms with E-state index >= 15 is 0 Å². The van der Waals surface area contributed by atoms with Crippen molar-refractivity contribution in [1.82, 2.24) is 24.3 Å². The summed E-state index contributed by atoms with van der Waals surface area (Å²) in [6.45, 7) is 8.13. The Morgan fingerprint density at radius 3 is 2.95 bits per heavy atom. The minimum atomic E-state index is 0.366. The van der Waals surface area contributed by atoms with Crippen molar-refractivity contribution in [1.29, 1.82) is 0 Å². The maximum absolute atomic E-state index is 4.66. The monoisotopic (exact) mass is 297 g/mol. The molecule has 1 atom stereocenters. The first-order valence-corrected chi connectivity index (χ1v) is 7.84. The van der Waals surface area contributed by atoms with Crippen molar-refractivity contribution in [3.63, 3.8) is 0 Å². The molecule has 0 aromatic carbocycles. The number of hydrogen-bond donors (Lipinski definition) is 1. The smallest absolute Gasteiger partial charge is 0.137 e. The van der Waals surface area contributed by atoms with Crippen LogP contribution >= 0.6 is 0 Å². The highest BCUT2D eigenvalue weighted by atomic mass is 15.1. The van der Waals surface area contributed by atoms with E-state index in [9.17, 15) is 0 Å². The highest BCUT2D eigenvalue weighted by molar-refractivity contribution is 5.41. The molecule has 1 N–H and O–H groups in total. The quantitative estimate of drug-likeness (QED) is 0.760. The van der Waals surface area contributed by atoms with Gasteiger partial charge in [-0.15, -0.1) is 0 Å². The van der Waals surface area contributed by atoms with Gasteiger partial charge in [-0.2, -0.15) is 0 Å². The highest BCUT2D eigenvalue weighted by Crippen LogP contribution is 2.08. The number of imidazole rings is 2. The Morgan fingerprint density at radius 2 is 2.18 bits per heavy atom. The van der Waals surface area contributed by atoms with E-state index in [0.717, 1.165) is 36.7 Å². The summed E-state index contributed by atoms with van der Waals surface area (Å²) < 4.78 is 4.35. The fourth-order valence-corrected chi connectivity index (χ4v) is 2.74. The molecule has 0 aliphatic rings. The Kier molecular flexibility index (Phi) is 4.24. The third-order valence-corrected chi connectivity index (χ3v) is 3.97. The Bertz CT molecular complexity index is 755. The number of aryl methyl sites for hydroxylation is 2. The second-order valence-corrected chi connectivity index (χ2v) is 5.76. The molecule has 3 aromatic rings. The van der Waals surface area contributed by atoms with Gasteiger partial charge in [0.15, 0.2) is 0 Å². The lowest BCUT2D eigenvalue weighted by molar-refractivity contribution is 0.465. The maximum Gasteiger partial charge on any atom is 0.137 e. The van der Waals surface area contributed by atoms with E-state index in [1.54, 1.807) is 0 Å². The molecule has 0 fully saturated rings. The topological polar surface area (TPSA) is 47.2 Å². The average Bonchev–Trinajstić information content (AvgIpc) is 3.12. The van der Waals surface area contributed by atoms with Crippen LogP contribution in [0.2, 0.25) is 0 Å². The van der Waals surface area contributed by atoms with Crippen molar-refractivity contribution >= 4 is 5.65 Å². The second-order valence-electron chi connectivity index (χ2n) is 5.76. The van der Waals surface area contributed by atoms with E-state index in [1.807, 2.05) is 24.5 Å². The molecule has 0 radical (unpaired) electrons. The minimum absolute atomic E-state index is 0.366. The van der Waals surface area contributed by atoms with E-state index in [0.29, 0.717) is 6.04 Å². The Labute approximate surface area is 131 Å². The molecule has 5 nitrogen and oxygen atoms in total. The lowest BCUT2D eigenvalue weighted by atomic mass is 10.3. The molecule has 22 heavy (non-hydrogen) atoms. The molecule has 1 unspecified atom stereocenters. The van der Waals surface area contributed by atoms with Crippen molar-refractivity contribution in [2.75, 3.05) is 0 Å². The first-order valence-electron chi connectivity index (χ1n) is 7.84. The third-order valence-electron chi connectivity index (χ3n) is 3.97. The molecule has 0 spiro atoms. The largest absolute Gasteiger partial charge is 0.333 e. The summed E-state index contributed by atoms with van der Waals surface area (Å²) >= 11 is 0. The molecule has 0 aliphatic heterocycles. The van der Waals surface area contributed by atoms with Gasteiger partial charge in [-0.05, 0) is 26.0 Å². The lowest BCUT2D eigenvalue weighted by Gasteiger charge is -2.15. The summed E-state index contributed by atoms with van der Waals surface area (Å²) in [5.41, 5.74) is 3.28. The van der Waals surface area contributed by atoms with Crippen LogP contribution in [0.4, 0.5) is 0 Å². The van der Waals surface area contributed by atoms with Crippen molar-refractivity contribution in [3.05, 3.63) is 54.0 Å². The van der Waals surface area contributed by atoms with Gasteiger partial charge in [0.05, 0.1) is 5.69 Å². The first kappa shape index (κ1) is 14.8. The van der Waals surface area contributed by atoms with Crippen LogP contribution in [0.1, 0.15) is 31.1 Å². The van der Waals surface area contributed by atoms with Crippen LogP contribution in [0.5, 0.6) is 0 Å². The summed E-state index contributed by atoms with van der Waals surface area (Å²) in [5.74, 6) is 1.14. The SMILES string of the molecule is CCc1nccn1CC(C)NCc1cn2c(C)cccc2n1. The van der Waals surface area contributed by atoms with Crippen LogP contribution in [0.15, 0.2) is 36.8 Å². The Hall–Kier alpha value is -2.14. The lowest BCUT2D eigenvalue weighted by Crippen LogP contribution is -2.30. The molecule has 5 heteroatoms. The fourth-order valence-electron chi connectivity index (χ4n) is 2.74. The number of nitrogens with one attached hydrogen (secondary N) is 1. The zero-order valence-corrected chi connectivity index (χ0v) is 13.5. The molecule has 3 heterocycles. The fraction of sp³-hybridized carbons (Fsp3) is 0.412. The van der Waals surface area contributed by atoms with Gasteiger partial charge >= 0.3 is 0 Å². The molecule has 0 amide bonds. The Morgan fingerprint density at radius 1 is 1.32 bits per heavy atom. The number of pyridine rings is 1. The van der Waals surface area contributed by atoms with Crippen LogP contribution < -0.4 is 5.32 Å². The summed E-state index contributed by atoms with van der Waals surface area (Å²) in [6.07, 6.45) is 6.99. The number of nitrogens with zero attached hydrogens (tertiary/aromatic N) is 4. The first-order chi connectivity index (χ1) is 10.7. The van der Waals surface area contributed by atoms with E-state index in [1.165, 1.54) is 5.69 Å². The van der Waals surface area contributed by atoms with Gasteiger partial charge in [-0.25, -0.2) is 9.97 Å². The van der Waals surface area contributed by atoms with Crippen LogP contribution in [0.3, 0.4) is 0 Å². The maximum atomic E-state index is 4.66. The van der Waals surface area contributed by atoms with E-state index in [-0.39, 0.29) is 0 Å².